The maximum atomic E-state index is 6.40. The zero-order chi connectivity index (χ0) is 16.7. The van der Waals surface area contributed by atoms with Gasteiger partial charge in [-0.3, -0.25) is 5.43 Å². The van der Waals surface area contributed by atoms with Gasteiger partial charge in [-0.1, -0.05) is 48.0 Å². The molecule has 0 radical (unpaired) electrons. The molecule has 120 valence electrons. The van der Waals surface area contributed by atoms with E-state index in [2.05, 4.69) is 27.5 Å². The number of halogens is 1. The van der Waals surface area contributed by atoms with E-state index in [1.807, 2.05) is 37.3 Å². The number of nitrogens with one attached hydrogen (secondary N) is 2. The van der Waals surface area contributed by atoms with Crippen LogP contribution in [0.4, 0.5) is 0 Å². The van der Waals surface area contributed by atoms with Crippen molar-refractivity contribution >= 4 is 35.1 Å². The van der Waals surface area contributed by atoms with E-state index in [-0.39, 0.29) is 0 Å². The molecule has 0 saturated carbocycles. The predicted octanol–water partition coefficient (Wildman–Crippen LogP) is 2.88. The smallest absolute Gasteiger partial charge is 0.187 e. The van der Waals surface area contributed by atoms with E-state index in [0.717, 1.165) is 16.8 Å². The molecule has 1 aromatic carbocycles. The van der Waals surface area contributed by atoms with Crippen molar-refractivity contribution in [3.63, 3.8) is 0 Å². The third kappa shape index (κ3) is 4.91. The zero-order valence-corrected chi connectivity index (χ0v) is 14.4. The van der Waals surface area contributed by atoms with E-state index >= 15 is 0 Å². The van der Waals surface area contributed by atoms with Crippen molar-refractivity contribution in [2.45, 2.75) is 13.5 Å². The van der Waals surface area contributed by atoms with Crippen LogP contribution in [0, 0.1) is 6.92 Å². The molecule has 2 N–H and O–H groups in total. The van der Waals surface area contributed by atoms with Crippen molar-refractivity contribution in [2.75, 3.05) is 6.54 Å². The number of benzene rings is 1. The standard InChI is InChI=1S/C16H18ClN5S/c1-3-9-18-16(23)20-19-10-14-12(2)21-22(15(14)17)11-13-7-5-4-6-8-13/h3-8,10H,1,9,11H2,2H3,(H2,18,20,23)/b19-10-. The summed E-state index contributed by atoms with van der Waals surface area (Å²) >= 11 is 11.5. The maximum Gasteiger partial charge on any atom is 0.187 e. The molecule has 0 amide bonds. The number of thiocarbonyl (C=S) groups is 1. The van der Waals surface area contributed by atoms with Gasteiger partial charge in [0.2, 0.25) is 0 Å². The van der Waals surface area contributed by atoms with Crippen LogP contribution in [0.3, 0.4) is 0 Å². The van der Waals surface area contributed by atoms with Crippen molar-refractivity contribution < 1.29 is 0 Å². The molecule has 0 spiro atoms. The molecule has 0 unspecified atom stereocenters. The van der Waals surface area contributed by atoms with Crippen LogP contribution in [0.2, 0.25) is 5.15 Å². The van der Waals surface area contributed by atoms with Crippen LogP contribution in [0.1, 0.15) is 16.8 Å². The third-order valence-corrected chi connectivity index (χ3v) is 3.69. The van der Waals surface area contributed by atoms with Crippen LogP contribution < -0.4 is 10.7 Å². The van der Waals surface area contributed by atoms with Crippen molar-refractivity contribution in [2.24, 2.45) is 5.10 Å². The van der Waals surface area contributed by atoms with Gasteiger partial charge >= 0.3 is 0 Å². The van der Waals surface area contributed by atoms with Crippen LogP contribution in [0.5, 0.6) is 0 Å². The summed E-state index contributed by atoms with van der Waals surface area (Å²) in [6.45, 7) is 6.69. The SMILES string of the molecule is C=CCNC(=S)N/N=C\c1c(C)nn(Cc2ccccc2)c1Cl. The summed E-state index contributed by atoms with van der Waals surface area (Å²) in [5.74, 6) is 0. The lowest BCUT2D eigenvalue weighted by molar-refractivity contribution is 0.680. The van der Waals surface area contributed by atoms with Crippen molar-refractivity contribution in [1.29, 1.82) is 0 Å². The molecule has 0 fully saturated rings. The highest BCUT2D eigenvalue weighted by atomic mass is 35.5. The lowest BCUT2D eigenvalue weighted by Crippen LogP contribution is -2.31. The minimum atomic E-state index is 0.423. The highest BCUT2D eigenvalue weighted by Gasteiger charge is 2.11. The Hall–Kier alpha value is -2.18. The number of aryl methyl sites for hydroxylation is 1. The predicted molar refractivity (Wildman–Crippen MR) is 99.0 cm³/mol. The summed E-state index contributed by atoms with van der Waals surface area (Å²) in [7, 11) is 0. The number of hydrazone groups is 1. The third-order valence-electron chi connectivity index (χ3n) is 3.05. The Morgan fingerprint density at radius 3 is 2.87 bits per heavy atom. The normalized spacial score (nSPS) is 10.7. The van der Waals surface area contributed by atoms with E-state index in [9.17, 15) is 0 Å². The van der Waals surface area contributed by atoms with E-state index < -0.39 is 0 Å². The van der Waals surface area contributed by atoms with Gasteiger partial charge in [-0.15, -0.1) is 6.58 Å². The average molecular weight is 348 g/mol. The Morgan fingerprint density at radius 2 is 2.17 bits per heavy atom. The fourth-order valence-electron chi connectivity index (χ4n) is 1.93. The molecule has 0 aliphatic heterocycles. The summed E-state index contributed by atoms with van der Waals surface area (Å²) in [6.07, 6.45) is 3.33. The lowest BCUT2D eigenvalue weighted by atomic mass is 10.2. The van der Waals surface area contributed by atoms with Crippen LogP contribution in [0.25, 0.3) is 0 Å². The molecule has 23 heavy (non-hydrogen) atoms. The van der Waals surface area contributed by atoms with Gasteiger partial charge in [0.25, 0.3) is 0 Å². The average Bonchev–Trinajstić information content (AvgIpc) is 2.81. The first kappa shape index (κ1) is 17.2. The Kier molecular flexibility index (Phi) is 6.31. The highest BCUT2D eigenvalue weighted by molar-refractivity contribution is 7.80. The quantitative estimate of drug-likeness (QED) is 0.365. The zero-order valence-electron chi connectivity index (χ0n) is 12.8. The molecule has 2 rings (SSSR count). The first-order chi connectivity index (χ1) is 11.1. The molecule has 0 bridgehead atoms. The number of nitrogens with zero attached hydrogens (tertiary/aromatic N) is 3. The van der Waals surface area contributed by atoms with Crippen LogP contribution in [-0.4, -0.2) is 27.7 Å². The second-order valence-electron chi connectivity index (χ2n) is 4.80. The van der Waals surface area contributed by atoms with E-state index in [1.165, 1.54) is 0 Å². The van der Waals surface area contributed by atoms with Crippen molar-refractivity contribution in [3.8, 4) is 0 Å². The van der Waals surface area contributed by atoms with Gasteiger partial charge in [0.15, 0.2) is 5.11 Å². The van der Waals surface area contributed by atoms with Crippen LogP contribution in [0.15, 0.2) is 48.1 Å². The topological polar surface area (TPSA) is 54.2 Å². The van der Waals surface area contributed by atoms with Gasteiger partial charge in [-0.05, 0) is 24.7 Å². The Bertz CT molecular complexity index is 709. The van der Waals surface area contributed by atoms with E-state index in [1.54, 1.807) is 17.0 Å². The first-order valence-electron chi connectivity index (χ1n) is 7.06. The van der Waals surface area contributed by atoms with E-state index in [4.69, 9.17) is 23.8 Å². The second kappa shape index (κ2) is 8.45. The Labute approximate surface area is 146 Å². The maximum absolute atomic E-state index is 6.40. The first-order valence-corrected chi connectivity index (χ1v) is 7.85. The summed E-state index contributed by atoms with van der Waals surface area (Å²) in [6, 6.07) is 10.0. The summed E-state index contributed by atoms with van der Waals surface area (Å²) in [5.41, 5.74) is 5.43. The Morgan fingerprint density at radius 1 is 1.43 bits per heavy atom. The summed E-state index contributed by atoms with van der Waals surface area (Å²) in [4.78, 5) is 0. The van der Waals surface area contributed by atoms with Crippen LogP contribution in [-0.2, 0) is 6.54 Å². The molecule has 0 atom stereocenters. The van der Waals surface area contributed by atoms with Crippen molar-refractivity contribution in [1.82, 2.24) is 20.5 Å². The van der Waals surface area contributed by atoms with E-state index in [0.29, 0.717) is 23.4 Å². The molecule has 5 nitrogen and oxygen atoms in total. The number of rotatable bonds is 6. The van der Waals surface area contributed by atoms with Gasteiger partial charge in [0.1, 0.15) is 5.15 Å². The van der Waals surface area contributed by atoms with Crippen LogP contribution >= 0.6 is 23.8 Å². The van der Waals surface area contributed by atoms with Gasteiger partial charge in [-0.2, -0.15) is 10.2 Å². The molecule has 1 heterocycles. The number of hydrogen-bond acceptors (Lipinski definition) is 3. The minimum absolute atomic E-state index is 0.423. The lowest BCUT2D eigenvalue weighted by Gasteiger charge is -2.04. The van der Waals surface area contributed by atoms with Gasteiger partial charge in [-0.25, -0.2) is 4.68 Å². The monoisotopic (exact) mass is 347 g/mol. The molecule has 0 saturated heterocycles. The summed E-state index contributed by atoms with van der Waals surface area (Å²) in [5, 5.41) is 12.4. The minimum Gasteiger partial charge on any atom is -0.358 e. The highest BCUT2D eigenvalue weighted by Crippen LogP contribution is 2.19. The van der Waals surface area contributed by atoms with Gasteiger partial charge in [0, 0.05) is 6.54 Å². The molecule has 0 aliphatic carbocycles. The Balaban J connectivity index is 2.05. The number of hydrogen-bond donors (Lipinski definition) is 2. The molecule has 7 heteroatoms. The molecule has 1 aromatic heterocycles. The molecular weight excluding hydrogens is 330 g/mol. The second-order valence-corrected chi connectivity index (χ2v) is 5.57. The van der Waals surface area contributed by atoms with Gasteiger partial charge in [0.05, 0.1) is 24.0 Å². The van der Waals surface area contributed by atoms with Gasteiger partial charge < -0.3 is 5.32 Å². The van der Waals surface area contributed by atoms with Crippen molar-refractivity contribution in [3.05, 3.63) is 65.0 Å². The molecule has 0 aliphatic rings. The largest absolute Gasteiger partial charge is 0.358 e. The fraction of sp³-hybridized carbons (Fsp3) is 0.188. The number of aromatic nitrogens is 2. The molecular formula is C16H18ClN5S. The fourth-order valence-corrected chi connectivity index (χ4v) is 2.35. The molecule has 2 aromatic rings. The summed E-state index contributed by atoms with van der Waals surface area (Å²) < 4.78 is 1.75.